The summed E-state index contributed by atoms with van der Waals surface area (Å²) in [6.45, 7) is 2.06. The Morgan fingerprint density at radius 3 is 2.53 bits per heavy atom. The molecule has 0 saturated heterocycles. The van der Waals surface area contributed by atoms with Gasteiger partial charge in [-0.2, -0.15) is 0 Å². The van der Waals surface area contributed by atoms with Crippen LogP contribution in [0.25, 0.3) is 11.1 Å². The van der Waals surface area contributed by atoms with Gasteiger partial charge in [-0.3, -0.25) is 9.10 Å². The number of hydrogen-bond donors (Lipinski definition) is 1. The average molecular weight is 467 g/mol. The summed E-state index contributed by atoms with van der Waals surface area (Å²) < 4.78 is 34.1. The predicted octanol–water partition coefficient (Wildman–Crippen LogP) is 5.07. The van der Waals surface area contributed by atoms with Crippen LogP contribution in [0.1, 0.15) is 21.0 Å². The van der Waals surface area contributed by atoms with Crippen LogP contribution < -0.4 is 9.62 Å². The van der Waals surface area contributed by atoms with Gasteiger partial charge in [0.05, 0.1) is 18.5 Å². The van der Waals surface area contributed by atoms with Crippen molar-refractivity contribution in [3.05, 3.63) is 94.6 Å². The third kappa shape index (κ3) is 4.32. The number of amides is 1. The molecule has 0 bridgehead atoms. The lowest BCUT2D eigenvalue weighted by molar-refractivity contribution is 0.0949. The van der Waals surface area contributed by atoms with Gasteiger partial charge in [0.25, 0.3) is 15.9 Å². The molecule has 1 N–H and O–H groups in total. The number of nitrogens with one attached hydrogen (secondary N) is 1. The topological polar surface area (TPSA) is 79.6 Å². The summed E-state index contributed by atoms with van der Waals surface area (Å²) in [6.07, 6.45) is 1.52. The molecule has 32 heavy (non-hydrogen) atoms. The Balaban J connectivity index is 1.78. The monoisotopic (exact) mass is 466 g/mol. The molecule has 2 heterocycles. The Morgan fingerprint density at radius 1 is 1.06 bits per heavy atom. The Bertz CT molecular complexity index is 1330. The molecule has 0 atom stereocenters. The summed E-state index contributed by atoms with van der Waals surface area (Å²) in [6, 6.07) is 19.9. The largest absolute Gasteiger partial charge is 0.467 e. The summed E-state index contributed by atoms with van der Waals surface area (Å²) in [7, 11) is -2.53. The second-order valence-electron chi connectivity index (χ2n) is 7.25. The van der Waals surface area contributed by atoms with Crippen molar-refractivity contribution in [1.82, 2.24) is 5.32 Å². The van der Waals surface area contributed by atoms with Crippen molar-refractivity contribution >= 4 is 33.0 Å². The van der Waals surface area contributed by atoms with E-state index in [0.29, 0.717) is 17.0 Å². The first-order chi connectivity index (χ1) is 15.4. The van der Waals surface area contributed by atoms with Crippen molar-refractivity contribution in [3.8, 4) is 11.1 Å². The van der Waals surface area contributed by atoms with Gasteiger partial charge in [-0.1, -0.05) is 42.5 Å². The fourth-order valence-electron chi connectivity index (χ4n) is 3.34. The van der Waals surface area contributed by atoms with Gasteiger partial charge < -0.3 is 9.73 Å². The highest BCUT2D eigenvalue weighted by molar-refractivity contribution is 7.93. The molecule has 2 aromatic heterocycles. The molecule has 0 aliphatic carbocycles. The maximum atomic E-state index is 13.8. The minimum atomic E-state index is -4.03. The van der Waals surface area contributed by atoms with Crippen LogP contribution in [0, 0.1) is 6.92 Å². The van der Waals surface area contributed by atoms with Gasteiger partial charge in [0.1, 0.15) is 15.5 Å². The fourth-order valence-corrected chi connectivity index (χ4v) is 6.20. The highest BCUT2D eigenvalue weighted by atomic mass is 32.2. The maximum Gasteiger partial charge on any atom is 0.266 e. The molecule has 0 fully saturated rings. The summed E-state index contributed by atoms with van der Waals surface area (Å²) in [5.41, 5.74) is 2.69. The molecule has 6 nitrogen and oxygen atoms in total. The predicted molar refractivity (Wildman–Crippen MR) is 126 cm³/mol. The highest BCUT2D eigenvalue weighted by Gasteiger charge is 2.32. The smallest absolute Gasteiger partial charge is 0.266 e. The Labute approximate surface area is 191 Å². The number of anilines is 1. The first-order valence-electron chi connectivity index (χ1n) is 9.91. The number of rotatable bonds is 7. The van der Waals surface area contributed by atoms with Gasteiger partial charge in [0.2, 0.25) is 0 Å². The molecular weight excluding hydrogens is 444 g/mol. The van der Waals surface area contributed by atoms with E-state index in [4.69, 9.17) is 4.42 Å². The van der Waals surface area contributed by atoms with Crippen molar-refractivity contribution in [3.63, 3.8) is 0 Å². The number of nitrogens with zero attached hydrogens (tertiary/aromatic N) is 1. The fraction of sp³-hybridized carbons (Fsp3) is 0.125. The van der Waals surface area contributed by atoms with E-state index in [1.165, 1.54) is 17.6 Å². The second kappa shape index (κ2) is 9.02. The van der Waals surface area contributed by atoms with Crippen LogP contribution in [0.2, 0.25) is 0 Å². The molecule has 0 spiro atoms. The zero-order chi connectivity index (χ0) is 22.7. The lowest BCUT2D eigenvalue weighted by Gasteiger charge is -2.21. The van der Waals surface area contributed by atoms with E-state index in [1.54, 1.807) is 35.7 Å². The summed E-state index contributed by atoms with van der Waals surface area (Å²) >= 11 is 1.11. The maximum absolute atomic E-state index is 13.8. The molecule has 2 aromatic carbocycles. The molecule has 1 amide bonds. The molecule has 0 unspecified atom stereocenters. The van der Waals surface area contributed by atoms with E-state index in [-0.39, 0.29) is 16.3 Å². The van der Waals surface area contributed by atoms with Gasteiger partial charge in [0, 0.05) is 18.0 Å². The molecule has 0 aliphatic rings. The summed E-state index contributed by atoms with van der Waals surface area (Å²) in [5.74, 6) is 0.115. The SMILES string of the molecule is Cc1cccc(N(C)S(=O)(=O)c2c(-c3ccccc3)csc2C(=O)NCc2ccco2)c1. The minimum Gasteiger partial charge on any atom is -0.467 e. The third-order valence-corrected chi connectivity index (χ3v) is 8.00. The van der Waals surface area contributed by atoms with E-state index < -0.39 is 15.9 Å². The van der Waals surface area contributed by atoms with Crippen molar-refractivity contribution in [2.75, 3.05) is 11.4 Å². The Morgan fingerprint density at radius 2 is 1.84 bits per heavy atom. The number of benzene rings is 2. The number of carbonyl (C=O) groups is 1. The zero-order valence-electron chi connectivity index (χ0n) is 17.6. The van der Waals surface area contributed by atoms with Crippen molar-refractivity contribution < 1.29 is 17.6 Å². The van der Waals surface area contributed by atoms with Crippen LogP contribution in [0.5, 0.6) is 0 Å². The van der Waals surface area contributed by atoms with Gasteiger partial charge in [0.15, 0.2) is 0 Å². The first kappa shape index (κ1) is 21.9. The molecular formula is C24H22N2O4S2. The lowest BCUT2D eigenvalue weighted by Crippen LogP contribution is -2.30. The van der Waals surface area contributed by atoms with Gasteiger partial charge in [-0.25, -0.2) is 8.42 Å². The van der Waals surface area contributed by atoms with Crippen LogP contribution in [0.15, 0.2) is 87.7 Å². The molecule has 4 rings (SSSR count). The molecule has 164 valence electrons. The number of thiophene rings is 1. The zero-order valence-corrected chi connectivity index (χ0v) is 19.2. The van der Waals surface area contributed by atoms with Gasteiger partial charge in [-0.05, 0) is 42.3 Å². The molecule has 0 aliphatic heterocycles. The van der Waals surface area contributed by atoms with Crippen molar-refractivity contribution in [2.24, 2.45) is 0 Å². The Kier molecular flexibility index (Phi) is 6.16. The molecule has 0 saturated carbocycles. The van der Waals surface area contributed by atoms with E-state index >= 15 is 0 Å². The number of aryl methyl sites for hydroxylation is 1. The summed E-state index contributed by atoms with van der Waals surface area (Å²) in [4.78, 5) is 13.2. The second-order valence-corrected chi connectivity index (χ2v) is 10.0. The quantitative estimate of drug-likeness (QED) is 0.412. The van der Waals surface area contributed by atoms with Crippen LogP contribution in [0.3, 0.4) is 0 Å². The van der Waals surface area contributed by atoms with E-state index in [9.17, 15) is 13.2 Å². The number of carbonyl (C=O) groups excluding carboxylic acids is 1. The minimum absolute atomic E-state index is 0.00495. The van der Waals surface area contributed by atoms with Crippen LogP contribution >= 0.6 is 11.3 Å². The average Bonchev–Trinajstić information content (AvgIpc) is 3.48. The standard InChI is InChI=1S/C24H22N2O4S2/c1-17-8-6-11-19(14-17)26(2)32(28,29)23-21(18-9-4-3-5-10-18)16-31-22(23)24(27)25-15-20-12-7-13-30-20/h3-14,16H,15H2,1-2H3,(H,25,27). The number of hydrogen-bond acceptors (Lipinski definition) is 5. The highest BCUT2D eigenvalue weighted by Crippen LogP contribution is 2.38. The van der Waals surface area contributed by atoms with Crippen molar-refractivity contribution in [1.29, 1.82) is 0 Å². The van der Waals surface area contributed by atoms with Crippen molar-refractivity contribution in [2.45, 2.75) is 18.4 Å². The van der Waals surface area contributed by atoms with Crippen LogP contribution in [0.4, 0.5) is 5.69 Å². The molecule has 4 aromatic rings. The van der Waals surface area contributed by atoms with Crippen LogP contribution in [-0.4, -0.2) is 21.4 Å². The molecule has 8 heteroatoms. The third-order valence-electron chi connectivity index (χ3n) is 5.02. The van der Waals surface area contributed by atoms with Gasteiger partial charge >= 0.3 is 0 Å². The number of sulfonamides is 1. The molecule has 0 radical (unpaired) electrons. The number of furan rings is 1. The Hall–Kier alpha value is -3.36. The first-order valence-corrected chi connectivity index (χ1v) is 12.2. The van der Waals surface area contributed by atoms with E-state index in [1.807, 2.05) is 43.3 Å². The van der Waals surface area contributed by atoms with Crippen LogP contribution in [-0.2, 0) is 16.6 Å². The lowest BCUT2D eigenvalue weighted by atomic mass is 10.1. The van der Waals surface area contributed by atoms with E-state index in [2.05, 4.69) is 5.32 Å². The van der Waals surface area contributed by atoms with Gasteiger partial charge in [-0.15, -0.1) is 11.3 Å². The summed E-state index contributed by atoms with van der Waals surface area (Å²) in [5, 5.41) is 4.48. The van der Waals surface area contributed by atoms with E-state index in [0.717, 1.165) is 22.5 Å². The normalized spacial score (nSPS) is 11.3.